The molecule has 2 aromatic heterocycles. The maximum atomic E-state index is 14.7. The molecular formula is C35H38N6O4S. The summed E-state index contributed by atoms with van der Waals surface area (Å²) in [6.07, 6.45) is 12.6. The van der Waals surface area contributed by atoms with Crippen molar-refractivity contribution in [1.29, 1.82) is 5.26 Å². The van der Waals surface area contributed by atoms with Crippen molar-refractivity contribution in [2.24, 2.45) is 5.92 Å². The highest BCUT2D eigenvalue weighted by Crippen LogP contribution is 2.42. The SMILES string of the molecule is CCCS(=O)(=O)N1C2CCC1CC(CN1C(=O)C(Cc3ccncc3)(Cc3ccncc3)N/C1=C\C(=O)c1ccc(C#N)cc1)C2. The maximum absolute atomic E-state index is 14.7. The molecule has 0 aliphatic carbocycles. The molecule has 2 atom stereocenters. The molecule has 0 radical (unpaired) electrons. The Morgan fingerprint density at radius 2 is 1.54 bits per heavy atom. The first-order chi connectivity index (χ1) is 22.2. The van der Waals surface area contributed by atoms with Crippen molar-refractivity contribution in [3.63, 3.8) is 0 Å². The van der Waals surface area contributed by atoms with E-state index in [-0.39, 0.29) is 35.4 Å². The molecule has 1 aromatic carbocycles. The zero-order valence-electron chi connectivity index (χ0n) is 25.9. The lowest BCUT2D eigenvalue weighted by Gasteiger charge is -2.39. The highest BCUT2D eigenvalue weighted by Gasteiger charge is 2.52. The first-order valence-corrected chi connectivity index (χ1v) is 17.5. The van der Waals surface area contributed by atoms with E-state index in [9.17, 15) is 23.3 Å². The van der Waals surface area contributed by atoms with Gasteiger partial charge < -0.3 is 5.32 Å². The van der Waals surface area contributed by atoms with E-state index in [4.69, 9.17) is 0 Å². The minimum absolute atomic E-state index is 0.0717. The Kier molecular flexibility index (Phi) is 9.02. The van der Waals surface area contributed by atoms with E-state index in [1.165, 1.54) is 6.08 Å². The number of carbonyl (C=O) groups excluding carboxylic acids is 2. The number of benzene rings is 1. The molecule has 3 aliphatic heterocycles. The molecule has 1 N–H and O–H groups in total. The number of nitrogens with zero attached hydrogens (tertiary/aromatic N) is 5. The summed E-state index contributed by atoms with van der Waals surface area (Å²) in [5.74, 6) is 0.233. The van der Waals surface area contributed by atoms with Crippen LogP contribution in [0.4, 0.5) is 0 Å². The molecule has 6 rings (SSSR count). The summed E-state index contributed by atoms with van der Waals surface area (Å²) in [5.41, 5.74) is 1.64. The number of pyridine rings is 2. The van der Waals surface area contributed by atoms with Gasteiger partial charge in [-0.3, -0.25) is 24.5 Å². The fourth-order valence-corrected chi connectivity index (χ4v) is 9.44. The summed E-state index contributed by atoms with van der Waals surface area (Å²) in [5, 5.41) is 12.7. The van der Waals surface area contributed by atoms with Crippen molar-refractivity contribution < 1.29 is 18.0 Å². The lowest BCUT2D eigenvalue weighted by Crippen LogP contribution is -2.52. The number of rotatable bonds is 11. The number of nitriles is 1. The standard InChI is InChI=1S/C35H38N6O4S/c1-2-17-46(44,45)41-30-7-8-31(41)19-28(18-30)24-40-33(20-32(42)29-5-3-27(23-36)4-6-29)39-35(34(40)43,21-25-9-13-37-14-10-25)22-26-11-15-38-16-12-26/h3-6,9-16,20,28,30-31,39H,2,7-8,17-19,21-22,24H2,1H3/b33-20+. The maximum Gasteiger partial charge on any atom is 0.254 e. The summed E-state index contributed by atoms with van der Waals surface area (Å²) in [7, 11) is -3.33. The predicted molar refractivity (Wildman–Crippen MR) is 172 cm³/mol. The molecule has 1 amide bonds. The first kappa shape index (κ1) is 31.6. The Hall–Kier alpha value is -4.40. The normalized spacial score (nSPS) is 23.3. The molecule has 2 bridgehead atoms. The quantitative estimate of drug-likeness (QED) is 0.246. The summed E-state index contributed by atoms with van der Waals surface area (Å²) in [6, 6.07) is 15.9. The smallest absolute Gasteiger partial charge is 0.254 e. The lowest BCUT2D eigenvalue weighted by atomic mass is 9.84. The molecule has 0 saturated carbocycles. The van der Waals surface area contributed by atoms with Crippen molar-refractivity contribution in [2.45, 2.75) is 69.5 Å². The van der Waals surface area contributed by atoms with Gasteiger partial charge in [0.15, 0.2) is 5.78 Å². The number of ketones is 1. The van der Waals surface area contributed by atoms with Crippen molar-refractivity contribution in [3.05, 3.63) is 107 Å². The zero-order valence-corrected chi connectivity index (χ0v) is 26.7. The molecule has 238 valence electrons. The molecule has 11 heteroatoms. The highest BCUT2D eigenvalue weighted by atomic mass is 32.2. The van der Waals surface area contributed by atoms with E-state index >= 15 is 0 Å². The number of carbonyl (C=O) groups is 2. The van der Waals surface area contributed by atoms with Crippen LogP contribution in [-0.2, 0) is 27.7 Å². The summed E-state index contributed by atoms with van der Waals surface area (Å²) in [6.45, 7) is 2.26. The lowest BCUT2D eigenvalue weighted by molar-refractivity contribution is -0.132. The molecular weight excluding hydrogens is 600 g/mol. The van der Waals surface area contributed by atoms with Gasteiger partial charge in [0.05, 0.1) is 17.4 Å². The largest absolute Gasteiger partial charge is 0.357 e. The molecule has 3 aromatic rings. The third-order valence-electron chi connectivity index (χ3n) is 9.38. The number of hydrogen-bond acceptors (Lipinski definition) is 8. The zero-order chi connectivity index (χ0) is 32.3. The van der Waals surface area contributed by atoms with E-state index in [0.29, 0.717) is 55.6 Å². The number of aromatic nitrogens is 2. The molecule has 3 saturated heterocycles. The van der Waals surface area contributed by atoms with Crippen LogP contribution in [0, 0.1) is 17.2 Å². The van der Waals surface area contributed by atoms with Crippen molar-refractivity contribution in [1.82, 2.24) is 24.5 Å². The third-order valence-corrected chi connectivity index (χ3v) is 11.5. The molecule has 3 aliphatic rings. The van der Waals surface area contributed by atoms with E-state index < -0.39 is 15.6 Å². The number of amides is 1. The number of fused-ring (bicyclic) bond motifs is 2. The number of hydrogen-bond donors (Lipinski definition) is 1. The van der Waals surface area contributed by atoms with Crippen LogP contribution in [0.5, 0.6) is 0 Å². The number of sulfonamides is 1. The van der Waals surface area contributed by atoms with Crippen LogP contribution < -0.4 is 5.32 Å². The number of allylic oxidation sites excluding steroid dienone is 1. The van der Waals surface area contributed by atoms with Gasteiger partial charge in [0.1, 0.15) is 11.4 Å². The van der Waals surface area contributed by atoms with E-state index in [2.05, 4.69) is 21.4 Å². The Bertz CT molecular complexity index is 1700. The van der Waals surface area contributed by atoms with Crippen LogP contribution >= 0.6 is 0 Å². The van der Waals surface area contributed by atoms with Gasteiger partial charge in [-0.2, -0.15) is 9.57 Å². The van der Waals surface area contributed by atoms with Gasteiger partial charge in [0.25, 0.3) is 5.91 Å². The van der Waals surface area contributed by atoms with Crippen molar-refractivity contribution in [3.8, 4) is 6.07 Å². The van der Waals surface area contributed by atoms with E-state index in [1.54, 1.807) is 58.3 Å². The predicted octanol–water partition coefficient (Wildman–Crippen LogP) is 4.01. The second-order valence-corrected chi connectivity index (χ2v) is 14.6. The van der Waals surface area contributed by atoms with E-state index in [1.807, 2.05) is 31.2 Å². The van der Waals surface area contributed by atoms with Crippen LogP contribution in [0.1, 0.15) is 66.1 Å². The summed E-state index contributed by atoms with van der Waals surface area (Å²) in [4.78, 5) is 38.3. The van der Waals surface area contributed by atoms with E-state index in [0.717, 1.165) is 24.0 Å². The number of piperidine rings is 1. The van der Waals surface area contributed by atoms with Gasteiger partial charge in [-0.05, 0) is 97.7 Å². The van der Waals surface area contributed by atoms with Gasteiger partial charge in [-0.25, -0.2) is 8.42 Å². The molecule has 46 heavy (non-hydrogen) atoms. The minimum atomic E-state index is -3.33. The molecule has 3 fully saturated rings. The molecule has 2 unspecified atom stereocenters. The summed E-state index contributed by atoms with van der Waals surface area (Å²) >= 11 is 0. The Balaban J connectivity index is 1.34. The van der Waals surface area contributed by atoms with Gasteiger partial charge in [-0.1, -0.05) is 6.92 Å². The average molecular weight is 639 g/mol. The molecule has 5 heterocycles. The van der Waals surface area contributed by atoms with Crippen LogP contribution in [0.15, 0.2) is 85.2 Å². The van der Waals surface area contributed by atoms with Crippen molar-refractivity contribution >= 4 is 21.7 Å². The highest BCUT2D eigenvalue weighted by molar-refractivity contribution is 7.89. The van der Waals surface area contributed by atoms with Crippen molar-refractivity contribution in [2.75, 3.05) is 12.3 Å². The third kappa shape index (κ3) is 6.46. The second kappa shape index (κ2) is 13.1. The Labute approximate surface area is 270 Å². The monoisotopic (exact) mass is 638 g/mol. The molecule has 10 nitrogen and oxygen atoms in total. The van der Waals surface area contributed by atoms with Crippen LogP contribution in [0.2, 0.25) is 0 Å². The van der Waals surface area contributed by atoms with Crippen LogP contribution in [0.25, 0.3) is 0 Å². The minimum Gasteiger partial charge on any atom is -0.357 e. The molecule has 0 spiro atoms. The Morgan fingerprint density at radius 3 is 2.07 bits per heavy atom. The van der Waals surface area contributed by atoms with Gasteiger partial charge in [-0.15, -0.1) is 0 Å². The fourth-order valence-electron chi connectivity index (χ4n) is 7.42. The Morgan fingerprint density at radius 1 is 0.978 bits per heavy atom. The number of nitrogens with one attached hydrogen (secondary N) is 1. The average Bonchev–Trinajstić information content (AvgIpc) is 3.47. The fraction of sp³-hybridized carbons (Fsp3) is 0.400. The van der Waals surface area contributed by atoms with Gasteiger partial charge >= 0.3 is 0 Å². The summed E-state index contributed by atoms with van der Waals surface area (Å²) < 4.78 is 28.0. The first-order valence-electron chi connectivity index (χ1n) is 15.9. The van der Waals surface area contributed by atoms with Crippen LogP contribution in [0.3, 0.4) is 0 Å². The topological polar surface area (TPSA) is 136 Å². The van der Waals surface area contributed by atoms with Gasteiger partial charge in [0, 0.05) is 67.9 Å². The second-order valence-electron chi connectivity index (χ2n) is 12.6. The van der Waals surface area contributed by atoms with Crippen LogP contribution in [-0.4, -0.2) is 69.2 Å². The van der Waals surface area contributed by atoms with Gasteiger partial charge in [0.2, 0.25) is 10.0 Å².